The van der Waals surface area contributed by atoms with Crippen molar-refractivity contribution in [3.8, 4) is 23.3 Å². The second kappa shape index (κ2) is 8.78. The number of rotatable bonds is 5. The zero-order valence-corrected chi connectivity index (χ0v) is 16.7. The van der Waals surface area contributed by atoms with E-state index in [1.54, 1.807) is 12.1 Å². The molecule has 12 heteroatoms. The van der Waals surface area contributed by atoms with Gasteiger partial charge < -0.3 is 24.4 Å². The molecular weight excluding hydrogens is 467 g/mol. The molecule has 1 aromatic heterocycles. The SMILES string of the molecule is N#CC1=C(N)Oc2cc(OC(=O)COc3c(F)c(F)c(F)c(F)c3F)ccc2C1c1ccco1. The molecule has 2 aromatic carbocycles. The Morgan fingerprint density at radius 3 is 2.35 bits per heavy atom. The van der Waals surface area contributed by atoms with E-state index in [0.717, 1.165) is 0 Å². The van der Waals surface area contributed by atoms with Crippen molar-refractivity contribution in [3.63, 3.8) is 0 Å². The van der Waals surface area contributed by atoms with Gasteiger partial charge in [0.05, 0.1) is 12.2 Å². The van der Waals surface area contributed by atoms with Gasteiger partial charge in [-0.3, -0.25) is 0 Å². The lowest BCUT2D eigenvalue weighted by atomic mass is 9.87. The molecule has 7 nitrogen and oxygen atoms in total. The Labute approximate surface area is 187 Å². The molecule has 0 radical (unpaired) electrons. The lowest BCUT2D eigenvalue weighted by Crippen LogP contribution is -2.22. The first-order valence-corrected chi connectivity index (χ1v) is 9.32. The summed E-state index contributed by atoms with van der Waals surface area (Å²) in [7, 11) is 0. The van der Waals surface area contributed by atoms with Crippen LogP contribution in [0.15, 0.2) is 52.5 Å². The quantitative estimate of drug-likeness (QED) is 0.193. The highest BCUT2D eigenvalue weighted by molar-refractivity contribution is 5.74. The minimum atomic E-state index is -2.36. The van der Waals surface area contributed by atoms with Crippen LogP contribution in [0.3, 0.4) is 0 Å². The topological polar surface area (TPSA) is 108 Å². The Bertz CT molecular complexity index is 1340. The number of hydrogen-bond donors (Lipinski definition) is 1. The second-order valence-electron chi connectivity index (χ2n) is 6.80. The third kappa shape index (κ3) is 3.88. The van der Waals surface area contributed by atoms with E-state index in [4.69, 9.17) is 19.6 Å². The number of nitrogens with two attached hydrogens (primary N) is 1. The van der Waals surface area contributed by atoms with Crippen LogP contribution in [0, 0.1) is 40.4 Å². The number of ether oxygens (including phenoxy) is 3. The lowest BCUT2D eigenvalue weighted by Gasteiger charge is -2.25. The Morgan fingerprint density at radius 2 is 1.74 bits per heavy atom. The van der Waals surface area contributed by atoms with E-state index >= 15 is 0 Å². The van der Waals surface area contributed by atoms with Crippen molar-refractivity contribution in [2.45, 2.75) is 5.92 Å². The van der Waals surface area contributed by atoms with Gasteiger partial charge >= 0.3 is 5.97 Å². The standard InChI is InChI=1S/C22H11F5N2O5/c23-16-17(24)19(26)21(20(27)18(16)25)32-8-14(30)33-9-3-4-10-13(6-9)34-22(29)11(7-28)15(10)12-2-1-5-31-12/h1-6,15H,8,29H2. The number of esters is 1. The van der Waals surface area contributed by atoms with Crippen LogP contribution in [0.4, 0.5) is 22.0 Å². The molecule has 174 valence electrons. The first-order chi connectivity index (χ1) is 16.2. The van der Waals surface area contributed by atoms with Gasteiger partial charge in [0, 0.05) is 11.6 Å². The van der Waals surface area contributed by atoms with Gasteiger partial charge in [-0.25, -0.2) is 18.0 Å². The molecule has 1 atom stereocenters. The number of nitriles is 1. The van der Waals surface area contributed by atoms with Crippen molar-refractivity contribution in [2.75, 3.05) is 6.61 Å². The third-order valence-corrected chi connectivity index (χ3v) is 4.75. The fraction of sp³-hybridized carbons (Fsp3) is 0.0909. The molecule has 2 N–H and O–H groups in total. The second-order valence-corrected chi connectivity index (χ2v) is 6.80. The van der Waals surface area contributed by atoms with Crippen molar-refractivity contribution >= 4 is 5.97 Å². The van der Waals surface area contributed by atoms with Crippen LogP contribution in [-0.2, 0) is 4.79 Å². The zero-order valence-electron chi connectivity index (χ0n) is 16.7. The molecule has 0 saturated heterocycles. The summed E-state index contributed by atoms with van der Waals surface area (Å²) in [6, 6.07) is 9.27. The van der Waals surface area contributed by atoms with Crippen LogP contribution in [-0.4, -0.2) is 12.6 Å². The Kier molecular flexibility index (Phi) is 5.85. The van der Waals surface area contributed by atoms with Gasteiger partial charge in [0.2, 0.25) is 35.0 Å². The number of furan rings is 1. The van der Waals surface area contributed by atoms with Crippen LogP contribution in [0.5, 0.6) is 17.2 Å². The van der Waals surface area contributed by atoms with Gasteiger partial charge in [0.25, 0.3) is 0 Å². The van der Waals surface area contributed by atoms with Gasteiger partial charge in [-0.05, 0) is 18.2 Å². The maximum atomic E-state index is 13.7. The highest BCUT2D eigenvalue weighted by Crippen LogP contribution is 2.43. The summed E-state index contributed by atoms with van der Waals surface area (Å²) in [6.07, 6.45) is 1.41. The lowest BCUT2D eigenvalue weighted by molar-refractivity contribution is -0.136. The predicted octanol–water partition coefficient (Wildman–Crippen LogP) is 4.18. The number of hydrogen-bond acceptors (Lipinski definition) is 7. The summed E-state index contributed by atoms with van der Waals surface area (Å²) in [5, 5.41) is 9.46. The summed E-state index contributed by atoms with van der Waals surface area (Å²) in [6.45, 7) is -1.17. The first-order valence-electron chi connectivity index (χ1n) is 9.32. The van der Waals surface area contributed by atoms with Gasteiger partial charge in [0.15, 0.2) is 12.4 Å². The van der Waals surface area contributed by atoms with Crippen molar-refractivity contribution in [2.24, 2.45) is 5.73 Å². The molecule has 1 aliphatic rings. The summed E-state index contributed by atoms with van der Waals surface area (Å²) >= 11 is 0. The molecule has 3 aromatic rings. The van der Waals surface area contributed by atoms with Gasteiger partial charge in [-0.1, -0.05) is 6.07 Å². The number of carbonyl (C=O) groups excluding carboxylic acids is 1. The van der Waals surface area contributed by atoms with E-state index in [0.29, 0.717) is 11.3 Å². The number of carbonyl (C=O) groups is 1. The number of nitrogens with zero attached hydrogens (tertiary/aromatic N) is 1. The summed E-state index contributed by atoms with van der Waals surface area (Å²) in [4.78, 5) is 12.0. The van der Waals surface area contributed by atoms with E-state index in [9.17, 15) is 32.0 Å². The normalized spacial score (nSPS) is 14.8. The molecular formula is C22H11F5N2O5. The van der Waals surface area contributed by atoms with Crippen LogP contribution >= 0.6 is 0 Å². The molecule has 1 unspecified atom stereocenters. The largest absolute Gasteiger partial charge is 0.476 e. The van der Waals surface area contributed by atoms with Crippen LogP contribution in [0.1, 0.15) is 17.2 Å². The number of benzene rings is 2. The Balaban J connectivity index is 1.53. The molecule has 1 aliphatic heterocycles. The monoisotopic (exact) mass is 478 g/mol. The third-order valence-electron chi connectivity index (χ3n) is 4.75. The summed E-state index contributed by atoms with van der Waals surface area (Å²) in [5.74, 6) is -14.6. The van der Waals surface area contributed by atoms with Crippen LogP contribution in [0.2, 0.25) is 0 Å². The summed E-state index contributed by atoms with van der Waals surface area (Å²) < 4.78 is 87.2. The maximum Gasteiger partial charge on any atom is 0.349 e. The predicted molar refractivity (Wildman–Crippen MR) is 102 cm³/mol. The van der Waals surface area contributed by atoms with E-state index in [2.05, 4.69) is 4.74 Å². The highest BCUT2D eigenvalue weighted by Gasteiger charge is 2.33. The van der Waals surface area contributed by atoms with E-state index < -0.39 is 53.3 Å². The number of halogens is 5. The molecule has 0 bridgehead atoms. The van der Waals surface area contributed by atoms with Gasteiger partial charge in [-0.15, -0.1) is 0 Å². The average molecular weight is 478 g/mol. The fourth-order valence-corrected chi connectivity index (χ4v) is 3.25. The Hall–Kier alpha value is -4.53. The molecule has 4 rings (SSSR count). The minimum absolute atomic E-state index is 0.100. The highest BCUT2D eigenvalue weighted by atomic mass is 19.2. The van der Waals surface area contributed by atoms with Gasteiger partial charge in [0.1, 0.15) is 28.9 Å². The molecule has 2 heterocycles. The minimum Gasteiger partial charge on any atom is -0.476 e. The van der Waals surface area contributed by atoms with Crippen molar-refractivity contribution < 1.29 is 45.4 Å². The van der Waals surface area contributed by atoms with E-state index in [1.165, 1.54) is 24.5 Å². The van der Waals surface area contributed by atoms with Crippen LogP contribution < -0.4 is 19.9 Å². The van der Waals surface area contributed by atoms with E-state index in [-0.39, 0.29) is 23.0 Å². The van der Waals surface area contributed by atoms with Crippen molar-refractivity contribution in [1.29, 1.82) is 5.26 Å². The molecule has 0 fully saturated rings. The number of fused-ring (bicyclic) bond motifs is 1. The number of allylic oxidation sites excluding steroid dienone is 1. The van der Waals surface area contributed by atoms with Gasteiger partial charge in [-0.2, -0.15) is 14.0 Å². The smallest absolute Gasteiger partial charge is 0.349 e. The van der Waals surface area contributed by atoms with Crippen molar-refractivity contribution in [1.82, 2.24) is 0 Å². The molecule has 34 heavy (non-hydrogen) atoms. The molecule has 0 spiro atoms. The molecule has 0 aliphatic carbocycles. The van der Waals surface area contributed by atoms with E-state index in [1.807, 2.05) is 6.07 Å². The van der Waals surface area contributed by atoms with Crippen LogP contribution in [0.25, 0.3) is 0 Å². The molecule has 0 saturated carbocycles. The Morgan fingerprint density at radius 1 is 1.06 bits per heavy atom. The van der Waals surface area contributed by atoms with Crippen molar-refractivity contribution in [3.05, 3.63) is 88.5 Å². The maximum absolute atomic E-state index is 13.7. The molecule has 0 amide bonds. The summed E-state index contributed by atoms with van der Waals surface area (Å²) in [5.41, 5.74) is 6.40. The fourth-order valence-electron chi connectivity index (χ4n) is 3.25. The zero-order chi connectivity index (χ0) is 24.6. The first kappa shape index (κ1) is 22.7. The average Bonchev–Trinajstić information content (AvgIpc) is 3.35.